The second-order valence-electron chi connectivity index (χ2n) is 31.9. The third kappa shape index (κ3) is 16.3. The maximum absolute atomic E-state index is 2.28. The number of hydrogen-bond acceptors (Lipinski definition) is 0. The van der Waals surface area contributed by atoms with Gasteiger partial charge in [-0.25, -0.2) is 17.9 Å². The van der Waals surface area contributed by atoms with Crippen molar-refractivity contribution in [3.05, 3.63) is 357 Å². The van der Waals surface area contributed by atoms with Crippen LogP contribution in [0.5, 0.6) is 0 Å². The summed E-state index contributed by atoms with van der Waals surface area (Å²) in [5.41, 5.74) is 46.9. The van der Waals surface area contributed by atoms with Crippen LogP contribution in [-0.4, -0.2) is 26.6 Å². The van der Waals surface area contributed by atoms with Crippen LogP contribution < -0.4 is 27.6 Å². The summed E-state index contributed by atoms with van der Waals surface area (Å²) in [5, 5.41) is 0. The molecule has 0 spiro atoms. The third-order valence-corrected chi connectivity index (χ3v) is 23.4. The zero-order chi connectivity index (χ0) is 81.4. The fraction of sp³-hybridized carbons (Fsp3) is 0.235. The largest absolute Gasteiger partial charge is 0.312 e. The Hall–Kier alpha value is -12.5. The van der Waals surface area contributed by atoms with E-state index in [9.17, 15) is 0 Å². The Morgan fingerprint density at radius 2 is 0.737 bits per heavy atom. The van der Waals surface area contributed by atoms with Gasteiger partial charge in [0.25, 0.3) is 5.65 Å². The van der Waals surface area contributed by atoms with Gasteiger partial charge in [0.15, 0.2) is 32.7 Å². The molecule has 0 aliphatic carbocycles. The number of hydrogen-bond donors (Lipinski definition) is 0. The molecule has 0 aliphatic rings. The maximum Gasteiger partial charge on any atom is 0.286 e. The van der Waals surface area contributed by atoms with Crippen molar-refractivity contribution in [2.75, 3.05) is 0 Å². The van der Waals surface area contributed by atoms with E-state index in [4.69, 9.17) is 0 Å². The molecule has 18 aromatic rings. The van der Waals surface area contributed by atoms with E-state index in [-0.39, 0.29) is 0 Å². The molecule has 576 valence electrons. The summed E-state index contributed by atoms with van der Waals surface area (Å²) in [6.45, 7) is 39.2. The SMILES string of the molecule is Cc1cc(C)c(C)c(-c2c3cccn3cc[n+]2C)c1.Cc1cc(C)c(C)c(-c2cc3cccn3c[n+]2C)c1.Cc1cc(C)c(C)c(-c2ccc3cccn3[n+]2C)c1.Cc1cc(C)c(C)c(-c2cccc3cc[n+](C)n23)c1.Cc1cc(C)c(C)c(-c2ccn3cccc3[n+]2C)c1.Cc1cc(C)c(C)c(-c2cn3cccc3c[n+]2C)c1. The predicted octanol–water partition coefficient (Wildman–Crippen LogP) is 20.1. The molecule has 0 radical (unpaired) electrons. The summed E-state index contributed by atoms with van der Waals surface area (Å²) in [4.78, 5) is 0. The molecule has 0 N–H and O–H groups in total. The first-order chi connectivity index (χ1) is 54.4. The topological polar surface area (TPSA) is 49.7 Å². The van der Waals surface area contributed by atoms with Gasteiger partial charge in [-0.1, -0.05) is 75.8 Å². The van der Waals surface area contributed by atoms with E-state index in [2.05, 4.69) is 478 Å². The molecule has 0 bridgehead atoms. The van der Waals surface area contributed by atoms with Crippen molar-refractivity contribution in [2.24, 2.45) is 42.3 Å². The van der Waals surface area contributed by atoms with Gasteiger partial charge in [0.2, 0.25) is 23.4 Å². The van der Waals surface area contributed by atoms with Crippen LogP contribution in [0.1, 0.15) is 100 Å². The molecule has 12 nitrogen and oxygen atoms in total. The molecule has 18 rings (SSSR count). The van der Waals surface area contributed by atoms with E-state index < -0.39 is 0 Å². The molecule has 12 aromatic heterocycles. The highest BCUT2D eigenvalue weighted by Gasteiger charge is 2.23. The van der Waals surface area contributed by atoms with E-state index in [0.717, 1.165) is 0 Å². The summed E-state index contributed by atoms with van der Waals surface area (Å²) in [6, 6.07) is 65.6. The number of rotatable bonds is 6. The van der Waals surface area contributed by atoms with Crippen LogP contribution in [0.25, 0.3) is 101 Å². The van der Waals surface area contributed by atoms with Crippen LogP contribution in [0, 0.1) is 125 Å². The number of fused-ring (bicyclic) bond motifs is 6. The molecule has 12 heterocycles. The zero-order valence-corrected chi connectivity index (χ0v) is 71.6. The Balaban J connectivity index is 0.000000119. The molecule has 0 atom stereocenters. The summed E-state index contributed by atoms with van der Waals surface area (Å²) >= 11 is 0. The van der Waals surface area contributed by atoms with E-state index in [0.29, 0.717) is 0 Å². The number of nitrogens with zero attached hydrogens (tertiary/aromatic N) is 12. The smallest absolute Gasteiger partial charge is 0.286 e. The summed E-state index contributed by atoms with van der Waals surface area (Å²) < 4.78 is 26.2. The van der Waals surface area contributed by atoms with Gasteiger partial charge in [-0.15, -0.1) is 18.4 Å². The lowest BCUT2D eigenvalue weighted by Crippen LogP contribution is -2.39. The van der Waals surface area contributed by atoms with Crippen LogP contribution in [0.2, 0.25) is 0 Å². The summed E-state index contributed by atoms with van der Waals surface area (Å²) in [7, 11) is 12.6. The van der Waals surface area contributed by atoms with Crippen molar-refractivity contribution in [2.45, 2.75) is 125 Å². The Bertz CT molecular complexity index is 6290. The fourth-order valence-corrected chi connectivity index (χ4v) is 16.4. The third-order valence-electron chi connectivity index (χ3n) is 23.4. The average Bonchev–Trinajstić information content (AvgIpc) is 1.63. The Morgan fingerprint density at radius 3 is 1.33 bits per heavy atom. The molecule has 114 heavy (non-hydrogen) atoms. The monoisotopic (exact) mass is 1510 g/mol. The summed E-state index contributed by atoms with van der Waals surface area (Å²) in [6.07, 6.45) is 25.4. The van der Waals surface area contributed by atoms with E-state index in [1.807, 2.05) is 0 Å². The minimum absolute atomic E-state index is 1.20. The van der Waals surface area contributed by atoms with E-state index in [1.54, 1.807) is 0 Å². The molecule has 0 amide bonds. The number of aromatic nitrogens is 12. The number of benzene rings is 6. The second kappa shape index (κ2) is 33.0. The van der Waals surface area contributed by atoms with Gasteiger partial charge >= 0.3 is 0 Å². The highest BCUT2D eigenvalue weighted by atomic mass is 15.3. The molecular formula is C102H114N12+6. The lowest BCUT2D eigenvalue weighted by Gasteiger charge is -2.11. The molecule has 6 aromatic carbocycles. The van der Waals surface area contributed by atoms with Gasteiger partial charge in [-0.2, -0.15) is 9.13 Å². The molecule has 0 fully saturated rings. The Kier molecular flexibility index (Phi) is 23.0. The highest BCUT2D eigenvalue weighted by Crippen LogP contribution is 2.33. The lowest BCUT2D eigenvalue weighted by molar-refractivity contribution is -0.736. The van der Waals surface area contributed by atoms with Crippen LogP contribution in [0.4, 0.5) is 0 Å². The van der Waals surface area contributed by atoms with Crippen molar-refractivity contribution in [3.8, 4) is 67.5 Å². The fourth-order valence-electron chi connectivity index (χ4n) is 16.4. The quantitative estimate of drug-likeness (QED) is 0.149. The van der Waals surface area contributed by atoms with Gasteiger partial charge in [-0.05, 0) is 301 Å². The van der Waals surface area contributed by atoms with Gasteiger partial charge in [-0.3, -0.25) is 0 Å². The molecule has 0 aliphatic heterocycles. The van der Waals surface area contributed by atoms with Gasteiger partial charge in [0.05, 0.1) is 61.8 Å². The summed E-state index contributed by atoms with van der Waals surface area (Å²) in [5.74, 6) is 0. The molecule has 12 heteroatoms. The Morgan fingerprint density at radius 1 is 0.281 bits per heavy atom. The minimum Gasteiger partial charge on any atom is -0.312 e. The highest BCUT2D eigenvalue weighted by molar-refractivity contribution is 5.78. The van der Waals surface area contributed by atoms with Crippen molar-refractivity contribution in [1.82, 2.24) is 26.6 Å². The van der Waals surface area contributed by atoms with Crippen LogP contribution >= 0.6 is 0 Å². The van der Waals surface area contributed by atoms with Gasteiger partial charge in [0.1, 0.15) is 65.0 Å². The zero-order valence-electron chi connectivity index (χ0n) is 71.6. The molecule has 0 unspecified atom stereocenters. The lowest BCUT2D eigenvalue weighted by atomic mass is 9.97. The maximum atomic E-state index is 2.28. The van der Waals surface area contributed by atoms with Crippen LogP contribution in [0.15, 0.2) is 256 Å². The first-order valence-electron chi connectivity index (χ1n) is 39.7. The second-order valence-corrected chi connectivity index (χ2v) is 31.9. The first-order valence-corrected chi connectivity index (χ1v) is 39.7. The normalized spacial score (nSPS) is 11.2. The van der Waals surface area contributed by atoms with Crippen LogP contribution in [0.3, 0.4) is 0 Å². The van der Waals surface area contributed by atoms with Crippen molar-refractivity contribution in [1.29, 1.82) is 0 Å². The minimum atomic E-state index is 1.20. The first kappa shape index (κ1) is 79.5. The average molecular weight is 1510 g/mol. The number of pyridine rings is 1. The number of aryl methyl sites for hydroxylation is 18. The van der Waals surface area contributed by atoms with Crippen molar-refractivity contribution >= 4 is 33.2 Å². The standard InChI is InChI=1S/6C17H19N2/c1-12-10-13(2)14(3)16(11-12)17-8-7-15-6-5-9-19(15)18(17)4;1-12-10-13(2)14(3)15(11-12)16-7-9-19-8-5-6-17(19)18(16)4;1-12-8-13(2)14(3)16(9-12)17-11-19-7-5-6-15(19)10-18(17)4;1-12-8-13(2)14(3)16(9-12)17-10-15-6-5-7-19(15)11-18(17)4;1-12-10-13(2)14(3)15(11-12)17-16-6-5-7-19(16)9-8-18(17)4;1-12-10-13(2)14(3)16(11-12)17-7-5-6-15-8-9-18(4)19(15)17/h6*5-11H,1-4H3/q6*+1. The Labute approximate surface area is 674 Å². The van der Waals surface area contributed by atoms with Crippen molar-refractivity contribution in [3.63, 3.8) is 0 Å². The molecule has 0 saturated heterocycles. The van der Waals surface area contributed by atoms with Gasteiger partial charge in [0, 0.05) is 59.4 Å². The molecule has 0 saturated carbocycles. The van der Waals surface area contributed by atoms with E-state index >= 15 is 0 Å². The van der Waals surface area contributed by atoms with Crippen LogP contribution in [-0.2, 0) is 42.3 Å². The van der Waals surface area contributed by atoms with Crippen molar-refractivity contribution < 1.29 is 27.6 Å². The molecular weight excluding hydrogens is 1390 g/mol. The van der Waals surface area contributed by atoms with E-state index in [1.165, 1.54) is 201 Å². The van der Waals surface area contributed by atoms with Gasteiger partial charge < -0.3 is 8.80 Å². The predicted molar refractivity (Wildman–Crippen MR) is 469 cm³/mol.